The van der Waals surface area contributed by atoms with Gasteiger partial charge in [0, 0.05) is 12.3 Å². The van der Waals surface area contributed by atoms with Gasteiger partial charge in [-0.1, -0.05) is 0 Å². The number of hydrogen-bond acceptors (Lipinski definition) is 2. The molecule has 0 heterocycles. The molecule has 0 amide bonds. The quantitative estimate of drug-likeness (QED) is 0.639. The maximum atomic E-state index is 11.7. The molecule has 4 saturated carbocycles. The normalized spacial score (nSPS) is 51.8. The van der Waals surface area contributed by atoms with E-state index < -0.39 is 0 Å². The Morgan fingerprint density at radius 2 is 2.00 bits per heavy atom. The number of carbonyl (C=O) groups excluding carboxylic acids is 1. The van der Waals surface area contributed by atoms with Gasteiger partial charge in [-0.25, -0.2) is 0 Å². The van der Waals surface area contributed by atoms with Crippen molar-refractivity contribution in [3.63, 3.8) is 0 Å². The average Bonchev–Trinajstić information content (AvgIpc) is 2.17. The Kier molecular flexibility index (Phi) is 1.79. The number of aliphatic hydroxyl groups is 1. The molecule has 4 aliphatic carbocycles. The Labute approximate surface area is 84.7 Å². The minimum absolute atomic E-state index is 0.0833. The molecule has 2 heteroatoms. The van der Waals surface area contributed by atoms with Crippen LogP contribution in [0.5, 0.6) is 0 Å². The molecule has 2 bridgehead atoms. The highest BCUT2D eigenvalue weighted by Crippen LogP contribution is 2.58. The van der Waals surface area contributed by atoms with Crippen LogP contribution in [0.2, 0.25) is 0 Å². The molecule has 4 aliphatic rings. The summed E-state index contributed by atoms with van der Waals surface area (Å²) >= 11 is 0. The Balaban J connectivity index is 1.89. The zero-order valence-electron chi connectivity index (χ0n) is 8.54. The van der Waals surface area contributed by atoms with Crippen molar-refractivity contribution in [2.24, 2.45) is 17.3 Å². The summed E-state index contributed by atoms with van der Waals surface area (Å²) in [5.74, 6) is 1.53. The molecule has 0 aliphatic heterocycles. The van der Waals surface area contributed by atoms with Gasteiger partial charge in [0.2, 0.25) is 0 Å². The fourth-order valence-electron chi connectivity index (χ4n) is 4.06. The third kappa shape index (κ3) is 1.10. The summed E-state index contributed by atoms with van der Waals surface area (Å²) in [4.78, 5) is 11.7. The van der Waals surface area contributed by atoms with Gasteiger partial charge in [-0.3, -0.25) is 4.79 Å². The van der Waals surface area contributed by atoms with Crippen LogP contribution in [-0.4, -0.2) is 17.0 Å². The standard InChI is InChI=1S/C12H18O2/c13-10-2-4-12-3-1-8(11(14)7-12)5-9(12)6-10/h8-10,13H,1-7H2/t8-,9?,10-,12+/m0/s1. The topological polar surface area (TPSA) is 37.3 Å². The first-order chi connectivity index (χ1) is 6.70. The van der Waals surface area contributed by atoms with Gasteiger partial charge < -0.3 is 5.11 Å². The largest absolute Gasteiger partial charge is 0.393 e. The Morgan fingerprint density at radius 1 is 1.21 bits per heavy atom. The van der Waals surface area contributed by atoms with Crippen molar-refractivity contribution < 1.29 is 9.90 Å². The second-order valence-corrected chi connectivity index (χ2v) is 5.60. The zero-order valence-corrected chi connectivity index (χ0v) is 8.54. The number of carbonyl (C=O) groups is 1. The van der Waals surface area contributed by atoms with Gasteiger partial charge in [0.05, 0.1) is 6.10 Å². The third-order valence-corrected chi connectivity index (χ3v) is 4.94. The summed E-state index contributed by atoms with van der Waals surface area (Å²) in [6.07, 6.45) is 7.19. The van der Waals surface area contributed by atoms with Gasteiger partial charge >= 0.3 is 0 Å². The molecule has 0 aromatic carbocycles. The molecular weight excluding hydrogens is 176 g/mol. The molecule has 4 atom stereocenters. The summed E-state index contributed by atoms with van der Waals surface area (Å²) < 4.78 is 0. The number of Topliss-reactive ketones (excluding diaryl/α,β-unsaturated/α-hetero) is 1. The second-order valence-electron chi connectivity index (χ2n) is 5.60. The Bertz CT molecular complexity index is 273. The number of aliphatic hydroxyl groups excluding tert-OH is 1. The number of rotatable bonds is 0. The number of fused-ring (bicyclic) bond motifs is 2. The summed E-state index contributed by atoms with van der Waals surface area (Å²) in [6, 6.07) is 0. The highest BCUT2D eigenvalue weighted by Gasteiger charge is 2.53. The molecular formula is C12H18O2. The van der Waals surface area contributed by atoms with Crippen molar-refractivity contribution in [2.75, 3.05) is 0 Å². The molecule has 1 N–H and O–H groups in total. The van der Waals surface area contributed by atoms with Gasteiger partial charge in [0.1, 0.15) is 5.78 Å². The summed E-state index contributed by atoms with van der Waals surface area (Å²) in [5, 5.41) is 9.65. The molecule has 78 valence electrons. The van der Waals surface area contributed by atoms with Crippen LogP contribution in [0.3, 0.4) is 0 Å². The molecule has 1 spiro atoms. The highest BCUT2D eigenvalue weighted by molar-refractivity contribution is 5.83. The van der Waals surface area contributed by atoms with Crippen molar-refractivity contribution >= 4 is 5.78 Å². The molecule has 0 saturated heterocycles. The highest BCUT2D eigenvalue weighted by atomic mass is 16.3. The fraction of sp³-hybridized carbons (Fsp3) is 0.917. The molecule has 0 radical (unpaired) electrons. The van der Waals surface area contributed by atoms with E-state index in [2.05, 4.69) is 0 Å². The van der Waals surface area contributed by atoms with Crippen molar-refractivity contribution in [1.29, 1.82) is 0 Å². The molecule has 0 aromatic heterocycles. The summed E-state index contributed by atoms with van der Waals surface area (Å²) in [7, 11) is 0. The monoisotopic (exact) mass is 194 g/mol. The number of hydrogen-bond donors (Lipinski definition) is 1. The Hall–Kier alpha value is -0.370. The zero-order chi connectivity index (χ0) is 9.76. The van der Waals surface area contributed by atoms with Crippen LogP contribution in [0.25, 0.3) is 0 Å². The van der Waals surface area contributed by atoms with Crippen LogP contribution in [0.15, 0.2) is 0 Å². The van der Waals surface area contributed by atoms with E-state index in [1.54, 1.807) is 0 Å². The van der Waals surface area contributed by atoms with E-state index in [9.17, 15) is 9.90 Å². The Morgan fingerprint density at radius 3 is 2.79 bits per heavy atom. The van der Waals surface area contributed by atoms with Crippen LogP contribution in [0, 0.1) is 17.3 Å². The lowest BCUT2D eigenvalue weighted by Crippen LogP contribution is -2.50. The first-order valence-electron chi connectivity index (χ1n) is 5.90. The van der Waals surface area contributed by atoms with E-state index in [1.165, 1.54) is 6.42 Å². The fourth-order valence-corrected chi connectivity index (χ4v) is 4.06. The number of ketones is 1. The van der Waals surface area contributed by atoms with E-state index >= 15 is 0 Å². The molecule has 4 rings (SSSR count). The van der Waals surface area contributed by atoms with E-state index in [4.69, 9.17) is 0 Å². The van der Waals surface area contributed by atoms with E-state index in [0.29, 0.717) is 23.0 Å². The predicted molar refractivity (Wildman–Crippen MR) is 52.7 cm³/mol. The molecule has 4 fully saturated rings. The molecule has 1 unspecified atom stereocenters. The first kappa shape index (κ1) is 8.90. The summed E-state index contributed by atoms with van der Waals surface area (Å²) in [6.45, 7) is 0. The summed E-state index contributed by atoms with van der Waals surface area (Å²) in [5.41, 5.74) is 0.324. The van der Waals surface area contributed by atoms with Gasteiger partial charge in [0.15, 0.2) is 0 Å². The van der Waals surface area contributed by atoms with Crippen molar-refractivity contribution in [2.45, 2.75) is 51.0 Å². The third-order valence-electron chi connectivity index (χ3n) is 4.94. The molecule has 0 aromatic rings. The minimum atomic E-state index is -0.0833. The molecule has 2 nitrogen and oxygen atoms in total. The van der Waals surface area contributed by atoms with Crippen LogP contribution in [-0.2, 0) is 4.79 Å². The second kappa shape index (κ2) is 2.82. The van der Waals surface area contributed by atoms with Crippen molar-refractivity contribution in [1.82, 2.24) is 0 Å². The van der Waals surface area contributed by atoms with Crippen LogP contribution >= 0.6 is 0 Å². The smallest absolute Gasteiger partial charge is 0.136 e. The minimum Gasteiger partial charge on any atom is -0.393 e. The van der Waals surface area contributed by atoms with Crippen LogP contribution in [0.1, 0.15) is 44.9 Å². The lowest BCUT2D eigenvalue weighted by Gasteiger charge is -2.54. The molecule has 14 heavy (non-hydrogen) atoms. The lowest BCUT2D eigenvalue weighted by atomic mass is 9.50. The van der Waals surface area contributed by atoms with E-state index in [1.807, 2.05) is 0 Å². The van der Waals surface area contributed by atoms with Crippen LogP contribution < -0.4 is 0 Å². The average molecular weight is 194 g/mol. The lowest BCUT2D eigenvalue weighted by molar-refractivity contribution is -0.144. The van der Waals surface area contributed by atoms with Gasteiger partial charge in [-0.2, -0.15) is 0 Å². The van der Waals surface area contributed by atoms with Gasteiger partial charge in [-0.05, 0) is 49.9 Å². The van der Waals surface area contributed by atoms with Crippen molar-refractivity contribution in [3.05, 3.63) is 0 Å². The first-order valence-corrected chi connectivity index (χ1v) is 5.90. The maximum Gasteiger partial charge on any atom is 0.136 e. The van der Waals surface area contributed by atoms with Gasteiger partial charge in [0.25, 0.3) is 0 Å². The SMILES string of the molecule is O=C1C[C@@]23CC[C@H](O)CC2C[C@@H]1CC3. The van der Waals surface area contributed by atoms with Gasteiger partial charge in [-0.15, -0.1) is 0 Å². The van der Waals surface area contributed by atoms with E-state index in [0.717, 1.165) is 38.5 Å². The predicted octanol–water partition coefficient (Wildman–Crippen LogP) is 1.91. The van der Waals surface area contributed by atoms with Crippen molar-refractivity contribution in [3.8, 4) is 0 Å². The van der Waals surface area contributed by atoms with E-state index in [-0.39, 0.29) is 6.10 Å². The maximum absolute atomic E-state index is 11.7. The van der Waals surface area contributed by atoms with Crippen LogP contribution in [0.4, 0.5) is 0 Å².